The normalized spacial score (nSPS) is 14.8. The monoisotopic (exact) mass is 345 g/mol. The van der Waals surface area contributed by atoms with Crippen LogP contribution in [0.15, 0.2) is 29.8 Å². The van der Waals surface area contributed by atoms with E-state index in [0.29, 0.717) is 18.7 Å². The van der Waals surface area contributed by atoms with Gasteiger partial charge in [0, 0.05) is 13.1 Å². The zero-order valence-electron chi connectivity index (χ0n) is 15.7. The van der Waals surface area contributed by atoms with E-state index >= 15 is 0 Å². The van der Waals surface area contributed by atoms with Gasteiger partial charge in [0.05, 0.1) is 12.7 Å². The summed E-state index contributed by atoms with van der Waals surface area (Å²) in [5, 5.41) is 0. The van der Waals surface area contributed by atoms with Gasteiger partial charge in [0.15, 0.2) is 0 Å². The summed E-state index contributed by atoms with van der Waals surface area (Å²) < 4.78 is 10.2. The van der Waals surface area contributed by atoms with Gasteiger partial charge >= 0.3 is 12.1 Å². The van der Waals surface area contributed by atoms with Gasteiger partial charge in [0.2, 0.25) is 0 Å². The summed E-state index contributed by atoms with van der Waals surface area (Å²) in [7, 11) is 1.39. The Labute approximate surface area is 149 Å². The first-order chi connectivity index (χ1) is 11.7. The molecule has 0 aliphatic carbocycles. The number of benzene rings is 1. The minimum absolute atomic E-state index is 0.272. The Hall–Kier alpha value is -2.30. The fraction of sp³-hybridized carbons (Fsp3) is 0.500. The van der Waals surface area contributed by atoms with Crippen LogP contribution >= 0.6 is 0 Å². The van der Waals surface area contributed by atoms with Gasteiger partial charge in [-0.2, -0.15) is 0 Å². The number of ether oxygens (including phenoxy) is 2. The second kappa shape index (κ2) is 7.72. The number of hydrogen-bond acceptors (Lipinski definition) is 4. The van der Waals surface area contributed by atoms with Crippen LogP contribution in [-0.4, -0.2) is 42.8 Å². The van der Waals surface area contributed by atoms with E-state index in [1.54, 1.807) is 4.90 Å². The summed E-state index contributed by atoms with van der Waals surface area (Å²) >= 11 is 0. The molecule has 1 aliphatic rings. The molecular weight excluding hydrogens is 318 g/mol. The largest absolute Gasteiger partial charge is 0.465 e. The Morgan fingerprint density at radius 2 is 1.96 bits per heavy atom. The topological polar surface area (TPSA) is 55.8 Å². The third kappa shape index (κ3) is 5.34. The van der Waals surface area contributed by atoms with Gasteiger partial charge in [-0.05, 0) is 57.7 Å². The van der Waals surface area contributed by atoms with Crippen LogP contribution in [0.3, 0.4) is 0 Å². The van der Waals surface area contributed by atoms with Crippen LogP contribution in [0.4, 0.5) is 4.79 Å². The lowest BCUT2D eigenvalue weighted by atomic mass is 9.96. The van der Waals surface area contributed by atoms with E-state index in [2.05, 4.69) is 6.08 Å². The number of hydrogen-bond donors (Lipinski definition) is 0. The van der Waals surface area contributed by atoms with Crippen molar-refractivity contribution in [1.29, 1.82) is 0 Å². The molecule has 0 unspecified atom stereocenters. The van der Waals surface area contributed by atoms with Gasteiger partial charge in [-0.25, -0.2) is 9.59 Å². The second-order valence-electron chi connectivity index (χ2n) is 7.36. The van der Waals surface area contributed by atoms with E-state index in [0.717, 1.165) is 24.0 Å². The minimum Gasteiger partial charge on any atom is -0.465 e. The SMILES string of the molecule is COC(=O)c1cc(CC2=CCN(C(=O)OC(C)(C)C)CC2)ccc1C. The van der Waals surface area contributed by atoms with Crippen molar-refractivity contribution in [3.63, 3.8) is 0 Å². The molecule has 1 aromatic carbocycles. The molecule has 1 aliphatic heterocycles. The molecule has 25 heavy (non-hydrogen) atoms. The summed E-state index contributed by atoms with van der Waals surface area (Å²) in [5.41, 5.74) is 3.37. The van der Waals surface area contributed by atoms with Crippen molar-refractivity contribution in [2.45, 2.75) is 46.1 Å². The molecule has 136 valence electrons. The molecule has 0 N–H and O–H groups in total. The van der Waals surface area contributed by atoms with E-state index in [9.17, 15) is 9.59 Å². The van der Waals surface area contributed by atoms with Gasteiger partial charge in [-0.1, -0.05) is 23.8 Å². The first-order valence-electron chi connectivity index (χ1n) is 8.53. The molecule has 0 fully saturated rings. The number of rotatable bonds is 3. The zero-order valence-corrected chi connectivity index (χ0v) is 15.7. The number of amides is 1. The lowest BCUT2D eigenvalue weighted by Gasteiger charge is -2.29. The van der Waals surface area contributed by atoms with Gasteiger partial charge in [0.1, 0.15) is 5.60 Å². The average Bonchev–Trinajstić information content (AvgIpc) is 2.55. The van der Waals surface area contributed by atoms with Crippen molar-refractivity contribution in [2.24, 2.45) is 0 Å². The fourth-order valence-electron chi connectivity index (χ4n) is 2.74. The first-order valence-corrected chi connectivity index (χ1v) is 8.53. The van der Waals surface area contributed by atoms with Crippen molar-refractivity contribution in [3.05, 3.63) is 46.5 Å². The van der Waals surface area contributed by atoms with Gasteiger partial charge in [-0.15, -0.1) is 0 Å². The molecule has 0 bridgehead atoms. The molecule has 0 spiro atoms. The lowest BCUT2D eigenvalue weighted by molar-refractivity contribution is 0.0265. The first kappa shape index (κ1) is 19.0. The van der Waals surface area contributed by atoms with E-state index in [1.807, 2.05) is 45.9 Å². The molecule has 2 rings (SSSR count). The Morgan fingerprint density at radius 3 is 2.52 bits per heavy atom. The van der Waals surface area contributed by atoms with E-state index in [1.165, 1.54) is 12.7 Å². The van der Waals surface area contributed by atoms with Crippen LogP contribution in [-0.2, 0) is 15.9 Å². The maximum atomic E-state index is 12.1. The van der Waals surface area contributed by atoms with E-state index in [4.69, 9.17) is 9.47 Å². The van der Waals surface area contributed by atoms with Crippen LogP contribution in [0.25, 0.3) is 0 Å². The Kier molecular flexibility index (Phi) is 5.88. The Bertz CT molecular complexity index is 685. The molecular formula is C20H27NO4. The average molecular weight is 345 g/mol. The second-order valence-corrected chi connectivity index (χ2v) is 7.36. The smallest absolute Gasteiger partial charge is 0.410 e. The van der Waals surface area contributed by atoms with Crippen LogP contribution in [0.1, 0.15) is 48.7 Å². The van der Waals surface area contributed by atoms with Crippen molar-refractivity contribution in [2.75, 3.05) is 20.2 Å². The molecule has 5 heteroatoms. The number of aryl methyl sites for hydroxylation is 1. The summed E-state index contributed by atoms with van der Waals surface area (Å²) in [6.07, 6.45) is 3.38. The van der Waals surface area contributed by atoms with Crippen LogP contribution in [0, 0.1) is 6.92 Å². The van der Waals surface area contributed by atoms with Gasteiger partial charge in [0.25, 0.3) is 0 Å². The molecule has 0 aromatic heterocycles. The fourth-order valence-corrected chi connectivity index (χ4v) is 2.74. The van der Waals surface area contributed by atoms with Crippen LogP contribution < -0.4 is 0 Å². The highest BCUT2D eigenvalue weighted by atomic mass is 16.6. The predicted octanol–water partition coefficient (Wildman–Crippen LogP) is 3.89. The summed E-state index contributed by atoms with van der Waals surface area (Å²) in [6.45, 7) is 8.70. The molecule has 5 nitrogen and oxygen atoms in total. The van der Waals surface area contributed by atoms with Crippen LogP contribution in [0.5, 0.6) is 0 Å². The molecule has 0 atom stereocenters. The standard InChI is InChI=1S/C20H27NO4/c1-14-6-7-16(13-17(14)18(22)24-5)12-15-8-10-21(11-9-15)19(23)25-20(2,3)4/h6-8,13H,9-12H2,1-5H3. The van der Waals surface area contributed by atoms with Crippen molar-refractivity contribution in [1.82, 2.24) is 4.90 Å². The lowest BCUT2D eigenvalue weighted by Crippen LogP contribution is -2.39. The number of esters is 1. The molecule has 0 radical (unpaired) electrons. The van der Waals surface area contributed by atoms with E-state index < -0.39 is 5.60 Å². The molecule has 1 heterocycles. The third-order valence-electron chi connectivity index (χ3n) is 4.09. The molecule has 0 saturated carbocycles. The Morgan fingerprint density at radius 1 is 1.24 bits per heavy atom. The molecule has 1 aromatic rings. The molecule has 1 amide bonds. The number of methoxy groups -OCH3 is 1. The highest BCUT2D eigenvalue weighted by Crippen LogP contribution is 2.20. The minimum atomic E-state index is -0.479. The summed E-state index contributed by atoms with van der Waals surface area (Å²) in [4.78, 5) is 25.6. The predicted molar refractivity (Wildman–Crippen MR) is 96.7 cm³/mol. The van der Waals surface area contributed by atoms with Gasteiger partial charge < -0.3 is 14.4 Å². The summed E-state index contributed by atoms with van der Waals surface area (Å²) in [5.74, 6) is -0.312. The Balaban J connectivity index is 2.01. The van der Waals surface area contributed by atoms with Crippen molar-refractivity contribution < 1.29 is 19.1 Å². The van der Waals surface area contributed by atoms with Crippen LogP contribution in [0.2, 0.25) is 0 Å². The number of nitrogens with zero attached hydrogens (tertiary/aromatic N) is 1. The zero-order chi connectivity index (χ0) is 18.6. The third-order valence-corrected chi connectivity index (χ3v) is 4.09. The highest BCUT2D eigenvalue weighted by molar-refractivity contribution is 5.91. The van der Waals surface area contributed by atoms with Crippen molar-refractivity contribution in [3.8, 4) is 0 Å². The maximum Gasteiger partial charge on any atom is 0.410 e. The maximum absolute atomic E-state index is 12.1. The quantitative estimate of drug-likeness (QED) is 0.616. The molecule has 0 saturated heterocycles. The number of carbonyl (C=O) groups excluding carboxylic acids is 2. The number of carbonyl (C=O) groups is 2. The summed E-state index contributed by atoms with van der Waals surface area (Å²) in [6, 6.07) is 5.86. The van der Waals surface area contributed by atoms with Crippen molar-refractivity contribution >= 4 is 12.1 Å². The highest BCUT2D eigenvalue weighted by Gasteiger charge is 2.23. The van der Waals surface area contributed by atoms with Gasteiger partial charge in [-0.3, -0.25) is 0 Å². The van der Waals surface area contributed by atoms with E-state index in [-0.39, 0.29) is 12.1 Å².